The number of hydrogen-bond donors (Lipinski definition) is 0. The molecule has 1 saturated heterocycles. The number of nitrogens with zero attached hydrogens (tertiary/aromatic N) is 3. The molecule has 130 valence electrons. The second kappa shape index (κ2) is 7.06. The van der Waals surface area contributed by atoms with Crippen LogP contribution in [0.15, 0.2) is 65.2 Å². The van der Waals surface area contributed by atoms with Crippen molar-refractivity contribution in [3.63, 3.8) is 0 Å². The standard InChI is InChI=1S/C20H16ClN3OS/c21-15-8-6-14(7-9-15)17-10-19(25)24-12-23(16-4-2-1-3-5-16)13-26-20(24)18(17)11-22/h1-9,17H,10,12-13H2/t17-/m0/s1. The Morgan fingerprint density at radius 2 is 1.85 bits per heavy atom. The summed E-state index contributed by atoms with van der Waals surface area (Å²) < 4.78 is 0. The predicted octanol–water partition coefficient (Wildman–Crippen LogP) is 4.56. The number of allylic oxidation sites excluding steroid dienone is 1. The van der Waals surface area contributed by atoms with E-state index in [4.69, 9.17) is 11.6 Å². The van der Waals surface area contributed by atoms with Crippen LogP contribution in [0, 0.1) is 11.3 Å². The zero-order chi connectivity index (χ0) is 18.1. The number of para-hydroxylation sites is 1. The van der Waals surface area contributed by atoms with Crippen LogP contribution in [-0.2, 0) is 4.79 Å². The van der Waals surface area contributed by atoms with E-state index in [1.807, 2.05) is 42.5 Å². The number of rotatable bonds is 2. The van der Waals surface area contributed by atoms with Gasteiger partial charge in [0.15, 0.2) is 0 Å². The lowest BCUT2D eigenvalue weighted by atomic mass is 9.86. The Hall–Kier alpha value is -2.42. The number of fused-ring (bicyclic) bond motifs is 1. The third-order valence-electron chi connectivity index (χ3n) is 4.69. The molecule has 2 aromatic rings. The molecule has 4 rings (SSSR count). The van der Waals surface area contributed by atoms with Crippen LogP contribution < -0.4 is 4.90 Å². The van der Waals surface area contributed by atoms with Crippen molar-refractivity contribution in [2.24, 2.45) is 0 Å². The fourth-order valence-corrected chi connectivity index (χ4v) is 4.64. The molecular weight excluding hydrogens is 366 g/mol. The molecule has 0 aliphatic carbocycles. The van der Waals surface area contributed by atoms with Crippen LogP contribution in [0.2, 0.25) is 5.02 Å². The van der Waals surface area contributed by atoms with Crippen molar-refractivity contribution >= 4 is 35.0 Å². The maximum atomic E-state index is 12.8. The van der Waals surface area contributed by atoms with Crippen LogP contribution in [0.3, 0.4) is 0 Å². The molecule has 4 nitrogen and oxygen atoms in total. The molecule has 2 aromatic carbocycles. The summed E-state index contributed by atoms with van der Waals surface area (Å²) in [5.41, 5.74) is 2.70. The Balaban J connectivity index is 1.67. The fraction of sp³-hybridized carbons (Fsp3) is 0.200. The van der Waals surface area contributed by atoms with Gasteiger partial charge in [0.2, 0.25) is 5.91 Å². The van der Waals surface area contributed by atoms with Gasteiger partial charge in [-0.1, -0.05) is 53.7 Å². The maximum absolute atomic E-state index is 12.8. The molecule has 0 N–H and O–H groups in total. The van der Waals surface area contributed by atoms with Gasteiger partial charge in [-0.2, -0.15) is 5.26 Å². The van der Waals surface area contributed by atoms with E-state index in [2.05, 4.69) is 11.0 Å². The smallest absolute Gasteiger partial charge is 0.229 e. The first kappa shape index (κ1) is 17.0. The molecule has 2 heterocycles. The van der Waals surface area contributed by atoms with Crippen LogP contribution in [0.4, 0.5) is 5.69 Å². The van der Waals surface area contributed by atoms with Gasteiger partial charge in [0, 0.05) is 23.0 Å². The number of thioether (sulfide) groups is 1. The van der Waals surface area contributed by atoms with Gasteiger partial charge in [-0.25, -0.2) is 0 Å². The average Bonchev–Trinajstić information content (AvgIpc) is 2.69. The molecule has 26 heavy (non-hydrogen) atoms. The first-order chi connectivity index (χ1) is 12.7. The fourth-order valence-electron chi connectivity index (χ4n) is 3.34. The Morgan fingerprint density at radius 1 is 1.12 bits per heavy atom. The normalized spacial score (nSPS) is 20.0. The van der Waals surface area contributed by atoms with Crippen molar-refractivity contribution in [3.05, 3.63) is 75.8 Å². The average molecular weight is 382 g/mol. The second-order valence-electron chi connectivity index (χ2n) is 6.25. The summed E-state index contributed by atoms with van der Waals surface area (Å²) in [6.45, 7) is 0.476. The van der Waals surface area contributed by atoms with Crippen molar-refractivity contribution in [2.75, 3.05) is 17.4 Å². The van der Waals surface area contributed by atoms with Gasteiger partial charge in [-0.3, -0.25) is 9.69 Å². The molecule has 6 heteroatoms. The molecule has 1 fully saturated rings. The molecule has 2 aliphatic heterocycles. The van der Waals surface area contributed by atoms with Gasteiger partial charge in [0.1, 0.15) is 0 Å². The van der Waals surface area contributed by atoms with Crippen molar-refractivity contribution in [3.8, 4) is 6.07 Å². The monoisotopic (exact) mass is 381 g/mol. The van der Waals surface area contributed by atoms with E-state index in [-0.39, 0.29) is 11.8 Å². The minimum atomic E-state index is -0.202. The summed E-state index contributed by atoms with van der Waals surface area (Å²) in [5, 5.41) is 11.2. The molecule has 0 aromatic heterocycles. The van der Waals surface area contributed by atoms with E-state index >= 15 is 0 Å². The number of carbonyl (C=O) groups excluding carboxylic acids is 1. The predicted molar refractivity (Wildman–Crippen MR) is 105 cm³/mol. The molecule has 0 saturated carbocycles. The van der Waals surface area contributed by atoms with E-state index in [1.54, 1.807) is 28.8 Å². The summed E-state index contributed by atoms with van der Waals surface area (Å²) in [4.78, 5) is 16.7. The third kappa shape index (κ3) is 3.07. The number of nitriles is 1. The summed E-state index contributed by atoms with van der Waals surface area (Å²) in [6.07, 6.45) is 0.303. The summed E-state index contributed by atoms with van der Waals surface area (Å²) >= 11 is 7.52. The Bertz CT molecular complexity index is 905. The van der Waals surface area contributed by atoms with Crippen LogP contribution in [0.25, 0.3) is 0 Å². The highest BCUT2D eigenvalue weighted by molar-refractivity contribution is 8.03. The highest BCUT2D eigenvalue weighted by atomic mass is 35.5. The minimum Gasteiger partial charge on any atom is -0.344 e. The van der Waals surface area contributed by atoms with Gasteiger partial charge >= 0.3 is 0 Å². The van der Waals surface area contributed by atoms with Crippen molar-refractivity contribution in [2.45, 2.75) is 12.3 Å². The lowest BCUT2D eigenvalue weighted by Gasteiger charge is -2.42. The van der Waals surface area contributed by atoms with Gasteiger partial charge in [0.05, 0.1) is 29.2 Å². The Kier molecular flexibility index (Phi) is 4.62. The highest BCUT2D eigenvalue weighted by Crippen LogP contribution is 2.43. The van der Waals surface area contributed by atoms with Gasteiger partial charge in [0.25, 0.3) is 0 Å². The number of amides is 1. The zero-order valence-corrected chi connectivity index (χ0v) is 15.5. The molecule has 0 radical (unpaired) electrons. The first-order valence-corrected chi connectivity index (χ1v) is 9.66. The number of halogens is 1. The molecule has 1 atom stereocenters. The molecule has 0 bridgehead atoms. The van der Waals surface area contributed by atoms with E-state index in [0.29, 0.717) is 29.6 Å². The van der Waals surface area contributed by atoms with Gasteiger partial charge in [-0.05, 0) is 29.8 Å². The lowest BCUT2D eigenvalue weighted by molar-refractivity contribution is -0.129. The Labute approximate surface area is 161 Å². The van der Waals surface area contributed by atoms with Gasteiger partial charge in [-0.15, -0.1) is 0 Å². The molecular formula is C20H16ClN3OS. The highest BCUT2D eigenvalue weighted by Gasteiger charge is 2.38. The second-order valence-corrected chi connectivity index (χ2v) is 7.62. The number of anilines is 1. The molecule has 2 aliphatic rings. The van der Waals surface area contributed by atoms with E-state index in [9.17, 15) is 10.1 Å². The maximum Gasteiger partial charge on any atom is 0.229 e. The summed E-state index contributed by atoms with van der Waals surface area (Å²) in [5.74, 6) is 0.556. The molecule has 1 amide bonds. The van der Waals surface area contributed by atoms with Crippen molar-refractivity contribution in [1.82, 2.24) is 4.90 Å². The quantitative estimate of drug-likeness (QED) is 0.765. The lowest BCUT2D eigenvalue weighted by Crippen LogP contribution is -2.47. The van der Waals surface area contributed by atoms with E-state index in [0.717, 1.165) is 16.3 Å². The molecule has 0 spiro atoms. The topological polar surface area (TPSA) is 47.3 Å². The largest absolute Gasteiger partial charge is 0.344 e. The zero-order valence-electron chi connectivity index (χ0n) is 13.9. The summed E-state index contributed by atoms with van der Waals surface area (Å²) in [6, 6.07) is 19.8. The van der Waals surface area contributed by atoms with Crippen molar-refractivity contribution in [1.29, 1.82) is 5.26 Å². The third-order valence-corrected chi connectivity index (χ3v) is 6.09. The van der Waals surface area contributed by atoms with Crippen LogP contribution >= 0.6 is 23.4 Å². The van der Waals surface area contributed by atoms with Crippen LogP contribution in [0.5, 0.6) is 0 Å². The van der Waals surface area contributed by atoms with E-state index in [1.165, 1.54) is 0 Å². The van der Waals surface area contributed by atoms with Gasteiger partial charge < -0.3 is 4.90 Å². The summed E-state index contributed by atoms with van der Waals surface area (Å²) in [7, 11) is 0. The van der Waals surface area contributed by atoms with Crippen LogP contribution in [0.1, 0.15) is 17.9 Å². The first-order valence-electron chi connectivity index (χ1n) is 8.30. The van der Waals surface area contributed by atoms with Crippen LogP contribution in [-0.4, -0.2) is 23.4 Å². The number of carbonyl (C=O) groups is 1. The van der Waals surface area contributed by atoms with Crippen molar-refractivity contribution < 1.29 is 4.79 Å². The molecule has 0 unspecified atom stereocenters. The number of hydrogen-bond acceptors (Lipinski definition) is 4. The SMILES string of the molecule is N#CC1=C2SCN(c3ccccc3)CN2C(=O)C[C@H]1c1ccc(Cl)cc1. The Morgan fingerprint density at radius 3 is 2.54 bits per heavy atom. The minimum absolute atomic E-state index is 0.0482. The van der Waals surface area contributed by atoms with E-state index < -0.39 is 0 Å². The number of benzene rings is 2.